The number of fused-ring (bicyclic) bond motifs is 1. The summed E-state index contributed by atoms with van der Waals surface area (Å²) >= 11 is 0. The van der Waals surface area contributed by atoms with E-state index in [0.717, 1.165) is 25.0 Å². The maximum absolute atomic E-state index is 11.6. The second-order valence-electron chi connectivity index (χ2n) is 3.49. The van der Waals surface area contributed by atoms with Crippen LogP contribution >= 0.6 is 0 Å². The van der Waals surface area contributed by atoms with E-state index in [-0.39, 0.29) is 11.2 Å². The summed E-state index contributed by atoms with van der Waals surface area (Å²) in [6.07, 6.45) is 2.83. The molecule has 0 bridgehead atoms. The molecule has 1 aromatic rings. The number of hydrogen-bond acceptors (Lipinski definition) is 3. The predicted octanol–water partition coefficient (Wildman–Crippen LogP) is 0.638. The van der Waals surface area contributed by atoms with Crippen molar-refractivity contribution in [1.29, 1.82) is 5.26 Å². The molecule has 72 valence electrons. The maximum atomic E-state index is 11.6. The van der Waals surface area contributed by atoms with Crippen LogP contribution in [0.2, 0.25) is 0 Å². The SMILES string of the molecule is N#Cc1cc(N)c(=O)n2c1CCCC2. The average Bonchev–Trinajstić information content (AvgIpc) is 2.23. The van der Waals surface area contributed by atoms with Crippen LogP contribution in [0.15, 0.2) is 10.9 Å². The highest BCUT2D eigenvalue weighted by Gasteiger charge is 2.15. The first-order chi connectivity index (χ1) is 6.74. The summed E-state index contributed by atoms with van der Waals surface area (Å²) in [7, 11) is 0. The molecule has 0 saturated heterocycles. The van der Waals surface area contributed by atoms with E-state index in [9.17, 15) is 4.79 Å². The number of aromatic nitrogens is 1. The molecule has 1 aromatic heterocycles. The van der Waals surface area contributed by atoms with Gasteiger partial charge in [-0.1, -0.05) is 0 Å². The molecule has 0 unspecified atom stereocenters. The summed E-state index contributed by atoms with van der Waals surface area (Å²) < 4.78 is 1.64. The van der Waals surface area contributed by atoms with Crippen LogP contribution in [-0.2, 0) is 13.0 Å². The van der Waals surface area contributed by atoms with Gasteiger partial charge in [0.15, 0.2) is 0 Å². The van der Waals surface area contributed by atoms with Crippen LogP contribution in [0, 0.1) is 11.3 Å². The van der Waals surface area contributed by atoms with Crippen LogP contribution in [0.1, 0.15) is 24.1 Å². The van der Waals surface area contributed by atoms with Crippen molar-refractivity contribution >= 4 is 5.69 Å². The Balaban J connectivity index is 2.74. The van der Waals surface area contributed by atoms with E-state index in [1.165, 1.54) is 6.07 Å². The lowest BCUT2D eigenvalue weighted by molar-refractivity contribution is 0.513. The van der Waals surface area contributed by atoms with Crippen molar-refractivity contribution in [3.63, 3.8) is 0 Å². The van der Waals surface area contributed by atoms with E-state index in [0.29, 0.717) is 12.1 Å². The van der Waals surface area contributed by atoms with E-state index >= 15 is 0 Å². The molecule has 0 atom stereocenters. The third kappa shape index (κ3) is 1.18. The van der Waals surface area contributed by atoms with E-state index in [4.69, 9.17) is 11.0 Å². The molecule has 4 nitrogen and oxygen atoms in total. The van der Waals surface area contributed by atoms with Gasteiger partial charge in [0.25, 0.3) is 5.56 Å². The van der Waals surface area contributed by atoms with Gasteiger partial charge in [0.2, 0.25) is 0 Å². The van der Waals surface area contributed by atoms with Crippen molar-refractivity contribution in [2.24, 2.45) is 0 Å². The Bertz CT molecular complexity index is 467. The molecule has 0 radical (unpaired) electrons. The molecule has 0 saturated carbocycles. The lowest BCUT2D eigenvalue weighted by Gasteiger charge is -2.19. The van der Waals surface area contributed by atoms with E-state index in [1.807, 2.05) is 0 Å². The standard InChI is InChI=1S/C10H11N3O/c11-6-7-5-8(12)10(14)13-4-2-1-3-9(7)13/h5H,1-4,12H2. The Morgan fingerprint density at radius 1 is 1.50 bits per heavy atom. The second-order valence-corrected chi connectivity index (χ2v) is 3.49. The monoisotopic (exact) mass is 189 g/mol. The summed E-state index contributed by atoms with van der Waals surface area (Å²) in [5.41, 5.74) is 6.94. The zero-order valence-corrected chi connectivity index (χ0v) is 7.79. The van der Waals surface area contributed by atoms with Crippen molar-refractivity contribution in [3.8, 4) is 6.07 Å². The molecule has 1 aliphatic rings. The molecule has 2 heterocycles. The van der Waals surface area contributed by atoms with E-state index in [1.54, 1.807) is 4.57 Å². The minimum atomic E-state index is -0.154. The minimum absolute atomic E-state index is 0.154. The zero-order valence-electron chi connectivity index (χ0n) is 7.79. The Kier molecular flexibility index (Phi) is 2.01. The first kappa shape index (κ1) is 8.82. The smallest absolute Gasteiger partial charge is 0.273 e. The number of nitrogens with two attached hydrogens (primary N) is 1. The van der Waals surface area contributed by atoms with E-state index in [2.05, 4.69) is 6.07 Å². The van der Waals surface area contributed by atoms with Gasteiger partial charge in [-0.05, 0) is 25.3 Å². The number of rotatable bonds is 0. The maximum Gasteiger partial charge on any atom is 0.273 e. The van der Waals surface area contributed by atoms with Crippen LogP contribution in [-0.4, -0.2) is 4.57 Å². The molecule has 1 aliphatic heterocycles. The van der Waals surface area contributed by atoms with Crippen LogP contribution in [0.25, 0.3) is 0 Å². The fourth-order valence-electron chi connectivity index (χ4n) is 1.89. The lowest BCUT2D eigenvalue weighted by atomic mass is 10.0. The fourth-order valence-corrected chi connectivity index (χ4v) is 1.89. The molecule has 0 aliphatic carbocycles. The van der Waals surface area contributed by atoms with Gasteiger partial charge in [-0.3, -0.25) is 4.79 Å². The number of nitriles is 1. The fraction of sp³-hybridized carbons (Fsp3) is 0.400. The molecule has 2 N–H and O–H groups in total. The van der Waals surface area contributed by atoms with Crippen molar-refractivity contribution in [3.05, 3.63) is 27.7 Å². The molecule has 0 fully saturated rings. The summed E-state index contributed by atoms with van der Waals surface area (Å²) in [6.45, 7) is 0.688. The number of hydrogen-bond donors (Lipinski definition) is 1. The van der Waals surface area contributed by atoms with Crippen LogP contribution in [0.4, 0.5) is 5.69 Å². The highest BCUT2D eigenvalue weighted by Crippen LogP contribution is 2.17. The van der Waals surface area contributed by atoms with Crippen molar-refractivity contribution < 1.29 is 0 Å². The number of anilines is 1. The van der Waals surface area contributed by atoms with Crippen LogP contribution in [0.3, 0.4) is 0 Å². The molecule has 2 rings (SSSR count). The summed E-state index contributed by atoms with van der Waals surface area (Å²) in [4.78, 5) is 11.6. The minimum Gasteiger partial charge on any atom is -0.394 e. The summed E-state index contributed by atoms with van der Waals surface area (Å²) in [5.74, 6) is 0. The molecule has 4 heteroatoms. The Morgan fingerprint density at radius 2 is 2.29 bits per heavy atom. The van der Waals surface area contributed by atoms with Gasteiger partial charge < -0.3 is 10.3 Å². The molecule has 14 heavy (non-hydrogen) atoms. The van der Waals surface area contributed by atoms with Crippen LogP contribution in [0.5, 0.6) is 0 Å². The highest BCUT2D eigenvalue weighted by molar-refractivity contribution is 5.46. The van der Waals surface area contributed by atoms with Gasteiger partial charge in [-0.15, -0.1) is 0 Å². The van der Waals surface area contributed by atoms with Crippen molar-refractivity contribution in [2.45, 2.75) is 25.8 Å². The third-order valence-electron chi connectivity index (χ3n) is 2.59. The largest absolute Gasteiger partial charge is 0.394 e. The van der Waals surface area contributed by atoms with Gasteiger partial charge in [0.1, 0.15) is 6.07 Å². The zero-order chi connectivity index (χ0) is 10.1. The first-order valence-corrected chi connectivity index (χ1v) is 4.66. The number of nitrogen functional groups attached to an aromatic ring is 1. The Hall–Kier alpha value is -1.76. The normalized spacial score (nSPS) is 14.5. The van der Waals surface area contributed by atoms with Gasteiger partial charge in [-0.2, -0.15) is 5.26 Å². The second kappa shape index (κ2) is 3.18. The third-order valence-corrected chi connectivity index (χ3v) is 2.59. The molecular formula is C10H11N3O. The number of nitrogens with zero attached hydrogens (tertiary/aromatic N) is 2. The Morgan fingerprint density at radius 3 is 3.00 bits per heavy atom. The summed E-state index contributed by atoms with van der Waals surface area (Å²) in [5, 5.41) is 8.89. The van der Waals surface area contributed by atoms with Gasteiger partial charge >= 0.3 is 0 Å². The van der Waals surface area contributed by atoms with Gasteiger partial charge in [0.05, 0.1) is 11.3 Å². The Labute approximate surface area is 81.6 Å². The highest BCUT2D eigenvalue weighted by atomic mass is 16.1. The lowest BCUT2D eigenvalue weighted by Crippen LogP contribution is -2.29. The van der Waals surface area contributed by atoms with Crippen LogP contribution < -0.4 is 11.3 Å². The van der Waals surface area contributed by atoms with E-state index < -0.39 is 0 Å². The van der Waals surface area contributed by atoms with Crippen molar-refractivity contribution in [2.75, 3.05) is 5.73 Å². The quantitative estimate of drug-likeness (QED) is 0.650. The van der Waals surface area contributed by atoms with Crippen molar-refractivity contribution in [1.82, 2.24) is 4.57 Å². The van der Waals surface area contributed by atoms with Gasteiger partial charge in [-0.25, -0.2) is 0 Å². The average molecular weight is 189 g/mol. The molecule has 0 aromatic carbocycles. The molecule has 0 spiro atoms. The number of pyridine rings is 1. The predicted molar refractivity (Wildman–Crippen MR) is 52.8 cm³/mol. The summed E-state index contributed by atoms with van der Waals surface area (Å²) in [6, 6.07) is 3.57. The topological polar surface area (TPSA) is 71.8 Å². The van der Waals surface area contributed by atoms with Gasteiger partial charge in [0, 0.05) is 12.2 Å². The molecule has 0 amide bonds. The molecular weight excluding hydrogens is 178 g/mol. The first-order valence-electron chi connectivity index (χ1n) is 4.66.